The van der Waals surface area contributed by atoms with Crippen molar-refractivity contribution >= 4 is 0 Å². The van der Waals surface area contributed by atoms with Crippen LogP contribution in [0.5, 0.6) is 0 Å². The molecule has 33 heavy (non-hydrogen) atoms. The quantitative estimate of drug-likeness (QED) is 0.333. The Morgan fingerprint density at radius 2 is 1.61 bits per heavy atom. The summed E-state index contributed by atoms with van der Waals surface area (Å²) >= 11 is 0. The standard InChI is InChI=1S/C31H54.C2H6.H2/c1-21(2)9-8-10-23(5)27-13-14-28-26-12-11-25-20-24(19-22(3)4)15-17-30(25,6)29(26)16-18-31(27,28)7;1-2;/h11,21-24,26-29H,8-10,12-20H2,1-7H3;1-2H3;1H. The van der Waals surface area contributed by atoms with Gasteiger partial charge in [0.2, 0.25) is 0 Å². The molecule has 0 nitrogen and oxygen atoms in total. The molecule has 0 aromatic carbocycles. The van der Waals surface area contributed by atoms with Crippen LogP contribution >= 0.6 is 0 Å². The Morgan fingerprint density at radius 1 is 0.879 bits per heavy atom. The molecule has 8 unspecified atom stereocenters. The second-order valence-corrected chi connectivity index (χ2v) is 14.0. The zero-order valence-corrected chi connectivity index (χ0v) is 24.2. The van der Waals surface area contributed by atoms with E-state index in [9.17, 15) is 0 Å². The fourth-order valence-corrected chi connectivity index (χ4v) is 9.63. The van der Waals surface area contributed by atoms with Gasteiger partial charge in [-0.3, -0.25) is 0 Å². The van der Waals surface area contributed by atoms with Crippen molar-refractivity contribution in [3.05, 3.63) is 11.6 Å². The summed E-state index contributed by atoms with van der Waals surface area (Å²) in [6, 6.07) is 0. The van der Waals surface area contributed by atoms with Crippen molar-refractivity contribution in [3.8, 4) is 0 Å². The van der Waals surface area contributed by atoms with Crippen LogP contribution in [0.25, 0.3) is 0 Å². The lowest BCUT2D eigenvalue weighted by Gasteiger charge is -2.58. The molecule has 0 amide bonds. The Bertz CT molecular complexity index is 647. The minimum Gasteiger partial charge on any atom is -0.0845 e. The highest BCUT2D eigenvalue weighted by atomic mass is 14.6. The van der Waals surface area contributed by atoms with Crippen LogP contribution in [0.1, 0.15) is 141 Å². The topological polar surface area (TPSA) is 0 Å². The second kappa shape index (κ2) is 11.2. The number of hydrogen-bond acceptors (Lipinski definition) is 0. The fraction of sp³-hybridized carbons (Fsp3) is 0.939. The third-order valence-electron chi connectivity index (χ3n) is 11.2. The van der Waals surface area contributed by atoms with E-state index < -0.39 is 0 Å². The van der Waals surface area contributed by atoms with E-state index in [4.69, 9.17) is 0 Å². The fourth-order valence-electron chi connectivity index (χ4n) is 9.63. The first-order valence-corrected chi connectivity index (χ1v) is 15.3. The molecule has 0 N–H and O–H groups in total. The molecule has 0 heteroatoms. The summed E-state index contributed by atoms with van der Waals surface area (Å²) in [5.74, 6) is 7.60. The van der Waals surface area contributed by atoms with E-state index in [1.807, 2.05) is 19.4 Å². The summed E-state index contributed by atoms with van der Waals surface area (Å²) in [5.41, 5.74) is 3.07. The van der Waals surface area contributed by atoms with Crippen LogP contribution in [-0.4, -0.2) is 0 Å². The smallest absolute Gasteiger partial charge is 0 e. The molecular formula is C33H62. The van der Waals surface area contributed by atoms with Crippen molar-refractivity contribution < 1.29 is 1.43 Å². The molecule has 4 rings (SSSR count). The van der Waals surface area contributed by atoms with E-state index >= 15 is 0 Å². The first kappa shape index (κ1) is 27.3. The normalized spacial score (nSPS) is 40.9. The van der Waals surface area contributed by atoms with Crippen LogP contribution in [-0.2, 0) is 0 Å². The van der Waals surface area contributed by atoms with Crippen molar-refractivity contribution in [2.24, 2.45) is 58.2 Å². The van der Waals surface area contributed by atoms with Gasteiger partial charge in [0.05, 0.1) is 0 Å². The van der Waals surface area contributed by atoms with E-state index in [0.717, 1.165) is 47.3 Å². The second-order valence-electron chi connectivity index (χ2n) is 14.0. The molecule has 194 valence electrons. The van der Waals surface area contributed by atoms with Gasteiger partial charge in [-0.15, -0.1) is 0 Å². The Morgan fingerprint density at radius 3 is 2.27 bits per heavy atom. The third kappa shape index (κ3) is 5.45. The first-order valence-electron chi connectivity index (χ1n) is 15.3. The first-order chi connectivity index (χ1) is 15.6. The molecule has 4 aliphatic carbocycles. The molecule has 4 aliphatic rings. The average molecular weight is 459 g/mol. The molecule has 0 saturated heterocycles. The molecule has 0 heterocycles. The zero-order valence-electron chi connectivity index (χ0n) is 24.2. The van der Waals surface area contributed by atoms with Crippen LogP contribution in [0.3, 0.4) is 0 Å². The lowest BCUT2D eigenvalue weighted by molar-refractivity contribution is -0.0531. The van der Waals surface area contributed by atoms with E-state index in [1.165, 1.54) is 77.0 Å². The molecule has 3 fully saturated rings. The highest BCUT2D eigenvalue weighted by molar-refractivity contribution is 5.25. The molecule has 0 aromatic heterocycles. The van der Waals surface area contributed by atoms with Crippen molar-refractivity contribution in [1.82, 2.24) is 0 Å². The Kier molecular flexibility index (Phi) is 9.28. The van der Waals surface area contributed by atoms with Crippen LogP contribution < -0.4 is 0 Å². The number of hydrogen-bond donors (Lipinski definition) is 0. The molecule has 0 bridgehead atoms. The minimum absolute atomic E-state index is 0. The van der Waals surface area contributed by atoms with Gasteiger partial charge in [-0.1, -0.05) is 93.2 Å². The van der Waals surface area contributed by atoms with Crippen LogP contribution in [0.2, 0.25) is 0 Å². The van der Waals surface area contributed by atoms with E-state index in [0.29, 0.717) is 10.8 Å². The number of fused-ring (bicyclic) bond motifs is 5. The Labute approximate surface area is 210 Å². The van der Waals surface area contributed by atoms with Gasteiger partial charge in [0.25, 0.3) is 0 Å². The SMILES string of the molecule is CC.CC(C)CCCC(C)C1CCC2C3CC=C4CC(CC(C)C)CCC4(C)C3CCC12C.[HH]. The van der Waals surface area contributed by atoms with Gasteiger partial charge in [-0.25, -0.2) is 0 Å². The van der Waals surface area contributed by atoms with Gasteiger partial charge in [0, 0.05) is 1.43 Å². The van der Waals surface area contributed by atoms with Crippen LogP contribution in [0, 0.1) is 58.2 Å². The largest absolute Gasteiger partial charge is 0.0845 e. The van der Waals surface area contributed by atoms with Crippen molar-refractivity contribution in [2.45, 2.75) is 139 Å². The van der Waals surface area contributed by atoms with Crippen LogP contribution in [0.15, 0.2) is 11.6 Å². The summed E-state index contributed by atoms with van der Waals surface area (Å²) in [7, 11) is 0. The van der Waals surface area contributed by atoms with E-state index in [2.05, 4.69) is 54.5 Å². The lowest BCUT2D eigenvalue weighted by Crippen LogP contribution is -2.50. The maximum absolute atomic E-state index is 2.79. The Hall–Kier alpha value is -0.260. The molecule has 3 saturated carbocycles. The molecular weight excluding hydrogens is 396 g/mol. The molecule has 0 aromatic rings. The Balaban J connectivity index is 0.00000133. The van der Waals surface area contributed by atoms with Gasteiger partial charge in [-0.2, -0.15) is 0 Å². The van der Waals surface area contributed by atoms with E-state index in [1.54, 1.807) is 0 Å². The summed E-state index contributed by atoms with van der Waals surface area (Å²) in [5, 5.41) is 0. The third-order valence-corrected chi connectivity index (χ3v) is 11.2. The van der Waals surface area contributed by atoms with Crippen molar-refractivity contribution in [3.63, 3.8) is 0 Å². The molecule has 0 radical (unpaired) electrons. The zero-order chi connectivity index (χ0) is 24.4. The average Bonchev–Trinajstić information content (AvgIpc) is 3.12. The monoisotopic (exact) mass is 458 g/mol. The highest BCUT2D eigenvalue weighted by Crippen LogP contribution is 2.67. The maximum Gasteiger partial charge on any atom is 0 e. The molecule has 0 aliphatic heterocycles. The summed E-state index contributed by atoms with van der Waals surface area (Å²) < 4.78 is 0. The van der Waals surface area contributed by atoms with E-state index in [-0.39, 0.29) is 1.43 Å². The summed E-state index contributed by atoms with van der Waals surface area (Å²) in [6.45, 7) is 21.7. The van der Waals surface area contributed by atoms with Crippen molar-refractivity contribution in [2.75, 3.05) is 0 Å². The summed E-state index contributed by atoms with van der Waals surface area (Å²) in [6.07, 6.45) is 20.5. The predicted octanol–water partition coefficient (Wildman–Crippen LogP) is 11.0. The number of allylic oxidation sites excluding steroid dienone is 2. The predicted molar refractivity (Wildman–Crippen MR) is 149 cm³/mol. The van der Waals surface area contributed by atoms with Gasteiger partial charge in [0.15, 0.2) is 0 Å². The van der Waals surface area contributed by atoms with Gasteiger partial charge in [-0.05, 0) is 116 Å². The minimum atomic E-state index is 0. The molecule has 0 spiro atoms. The number of rotatable bonds is 7. The maximum atomic E-state index is 2.79. The van der Waals surface area contributed by atoms with Gasteiger partial charge in [0.1, 0.15) is 0 Å². The highest BCUT2D eigenvalue weighted by Gasteiger charge is 2.59. The molecule has 8 atom stereocenters. The van der Waals surface area contributed by atoms with Crippen molar-refractivity contribution in [1.29, 1.82) is 0 Å². The van der Waals surface area contributed by atoms with Crippen LogP contribution in [0.4, 0.5) is 0 Å². The summed E-state index contributed by atoms with van der Waals surface area (Å²) in [4.78, 5) is 0. The van der Waals surface area contributed by atoms with Gasteiger partial charge < -0.3 is 0 Å². The van der Waals surface area contributed by atoms with Gasteiger partial charge >= 0.3 is 0 Å². The lowest BCUT2D eigenvalue weighted by atomic mass is 9.46.